The van der Waals surface area contributed by atoms with E-state index in [4.69, 9.17) is 10.5 Å². The van der Waals surface area contributed by atoms with Crippen LogP contribution in [0.5, 0.6) is 0 Å². The van der Waals surface area contributed by atoms with E-state index in [1.807, 2.05) is 31.2 Å². The van der Waals surface area contributed by atoms with Crippen LogP contribution in [0.2, 0.25) is 0 Å². The lowest BCUT2D eigenvalue weighted by molar-refractivity contribution is 0.128. The maximum Gasteiger partial charge on any atom is 0.414 e. The monoisotopic (exact) mass is 234 g/mol. The summed E-state index contributed by atoms with van der Waals surface area (Å²) in [5, 5.41) is 0. The molecular formula is C13H18N2O2. The number of benzene rings is 1. The number of rotatable bonds is 3. The van der Waals surface area contributed by atoms with Crippen molar-refractivity contribution in [3.8, 4) is 0 Å². The Morgan fingerprint density at radius 1 is 1.47 bits per heavy atom. The van der Waals surface area contributed by atoms with E-state index in [-0.39, 0.29) is 12.1 Å². The van der Waals surface area contributed by atoms with Crippen molar-refractivity contribution in [3.63, 3.8) is 0 Å². The van der Waals surface area contributed by atoms with E-state index in [9.17, 15) is 4.79 Å². The first-order valence-electron chi connectivity index (χ1n) is 5.95. The van der Waals surface area contributed by atoms with Crippen LogP contribution in [0.4, 0.5) is 10.5 Å². The molecule has 4 heteroatoms. The number of cyclic esters (lactones) is 1. The van der Waals surface area contributed by atoms with E-state index in [1.165, 1.54) is 0 Å². The van der Waals surface area contributed by atoms with Gasteiger partial charge in [0.1, 0.15) is 0 Å². The smallest absolute Gasteiger partial charge is 0.414 e. The summed E-state index contributed by atoms with van der Waals surface area (Å²) in [6.07, 6.45) is 1.39. The maximum atomic E-state index is 11.9. The first kappa shape index (κ1) is 11.9. The highest BCUT2D eigenvalue weighted by Gasteiger charge is 2.30. The van der Waals surface area contributed by atoms with Gasteiger partial charge in [0.15, 0.2) is 0 Å². The Kier molecular flexibility index (Phi) is 3.64. The number of carbonyl (C=O) groups is 1. The Morgan fingerprint density at radius 2 is 2.24 bits per heavy atom. The third-order valence-corrected chi connectivity index (χ3v) is 3.11. The summed E-state index contributed by atoms with van der Waals surface area (Å²) in [5.41, 5.74) is 7.61. The predicted octanol–water partition coefficient (Wildman–Crippen LogP) is 2.06. The normalized spacial score (nSPS) is 20.2. The molecule has 2 N–H and O–H groups in total. The van der Waals surface area contributed by atoms with Gasteiger partial charge in [0.2, 0.25) is 0 Å². The van der Waals surface area contributed by atoms with Gasteiger partial charge in [-0.2, -0.15) is 0 Å². The molecule has 1 unspecified atom stereocenters. The highest BCUT2D eigenvalue weighted by atomic mass is 16.6. The van der Waals surface area contributed by atoms with Crippen LogP contribution in [0.15, 0.2) is 24.3 Å². The van der Waals surface area contributed by atoms with Crippen molar-refractivity contribution >= 4 is 11.8 Å². The summed E-state index contributed by atoms with van der Waals surface area (Å²) < 4.78 is 5.12. The molecule has 1 aromatic rings. The fourth-order valence-electron chi connectivity index (χ4n) is 2.22. The lowest BCUT2D eigenvalue weighted by atomic mass is 10.1. The lowest BCUT2D eigenvalue weighted by Crippen LogP contribution is -2.47. The van der Waals surface area contributed by atoms with Crippen molar-refractivity contribution in [2.45, 2.75) is 25.8 Å². The van der Waals surface area contributed by atoms with Gasteiger partial charge in [-0.1, -0.05) is 18.2 Å². The average Bonchev–Trinajstić information content (AvgIpc) is 2.31. The highest BCUT2D eigenvalue weighted by molar-refractivity contribution is 5.89. The topological polar surface area (TPSA) is 55.6 Å². The summed E-state index contributed by atoms with van der Waals surface area (Å²) in [7, 11) is 0. The van der Waals surface area contributed by atoms with Gasteiger partial charge in [-0.3, -0.25) is 4.90 Å². The second-order valence-corrected chi connectivity index (χ2v) is 4.29. The van der Waals surface area contributed by atoms with Crippen molar-refractivity contribution in [2.24, 2.45) is 5.73 Å². The number of hydrogen-bond donors (Lipinski definition) is 1. The van der Waals surface area contributed by atoms with Crippen LogP contribution in [-0.2, 0) is 4.74 Å². The molecule has 1 atom stereocenters. The van der Waals surface area contributed by atoms with Crippen LogP contribution in [0.25, 0.3) is 0 Å². The molecule has 0 bridgehead atoms. The third-order valence-electron chi connectivity index (χ3n) is 3.11. The van der Waals surface area contributed by atoms with E-state index < -0.39 is 0 Å². The van der Waals surface area contributed by atoms with Crippen molar-refractivity contribution in [1.29, 1.82) is 0 Å². The van der Waals surface area contributed by atoms with Crippen molar-refractivity contribution < 1.29 is 9.53 Å². The standard InChI is InChI=1S/C13H18N2O2/c1-10-4-2-3-5-12(10)15-11(6-8-14)7-9-17-13(15)16/h2-5,11H,6-9,14H2,1H3. The molecule has 1 fully saturated rings. The molecule has 1 aromatic carbocycles. The molecule has 0 saturated carbocycles. The lowest BCUT2D eigenvalue weighted by Gasteiger charge is -2.35. The summed E-state index contributed by atoms with van der Waals surface area (Å²) >= 11 is 0. The third kappa shape index (κ3) is 2.42. The maximum absolute atomic E-state index is 11.9. The van der Waals surface area contributed by atoms with Gasteiger partial charge in [0.05, 0.1) is 12.3 Å². The molecule has 4 nitrogen and oxygen atoms in total. The van der Waals surface area contributed by atoms with E-state index in [0.717, 1.165) is 24.1 Å². The van der Waals surface area contributed by atoms with Crippen LogP contribution in [-0.4, -0.2) is 25.3 Å². The van der Waals surface area contributed by atoms with Crippen molar-refractivity contribution in [1.82, 2.24) is 0 Å². The van der Waals surface area contributed by atoms with Gasteiger partial charge in [0.25, 0.3) is 0 Å². The predicted molar refractivity (Wildman–Crippen MR) is 67.1 cm³/mol. The van der Waals surface area contributed by atoms with Gasteiger partial charge < -0.3 is 10.5 Å². The number of aryl methyl sites for hydroxylation is 1. The molecular weight excluding hydrogens is 216 g/mol. The zero-order valence-electron chi connectivity index (χ0n) is 10.1. The first-order valence-corrected chi connectivity index (χ1v) is 5.95. The summed E-state index contributed by atoms with van der Waals surface area (Å²) in [6.45, 7) is 3.07. The van der Waals surface area contributed by atoms with E-state index in [0.29, 0.717) is 13.2 Å². The SMILES string of the molecule is Cc1ccccc1N1C(=O)OCCC1CCN. The molecule has 1 aliphatic rings. The number of para-hydroxylation sites is 1. The summed E-state index contributed by atoms with van der Waals surface area (Å²) in [5.74, 6) is 0. The van der Waals surface area contributed by atoms with Gasteiger partial charge in [0, 0.05) is 12.5 Å². The second-order valence-electron chi connectivity index (χ2n) is 4.29. The van der Waals surface area contributed by atoms with Gasteiger partial charge in [-0.05, 0) is 31.5 Å². The average molecular weight is 234 g/mol. The highest BCUT2D eigenvalue weighted by Crippen LogP contribution is 2.27. The Hall–Kier alpha value is -1.55. The van der Waals surface area contributed by atoms with Crippen molar-refractivity contribution in [2.75, 3.05) is 18.1 Å². The Labute approximate surface area is 101 Å². The van der Waals surface area contributed by atoms with Gasteiger partial charge >= 0.3 is 6.09 Å². The number of carbonyl (C=O) groups excluding carboxylic acids is 1. The Bertz CT molecular complexity index is 404. The van der Waals surface area contributed by atoms with Crippen molar-refractivity contribution in [3.05, 3.63) is 29.8 Å². The molecule has 0 radical (unpaired) electrons. The number of nitrogens with two attached hydrogens (primary N) is 1. The summed E-state index contributed by atoms with van der Waals surface area (Å²) in [4.78, 5) is 13.6. The van der Waals surface area contributed by atoms with Crippen LogP contribution in [0.1, 0.15) is 18.4 Å². The van der Waals surface area contributed by atoms with Crippen LogP contribution < -0.4 is 10.6 Å². The minimum Gasteiger partial charge on any atom is -0.449 e. The molecule has 1 heterocycles. The second kappa shape index (κ2) is 5.19. The van der Waals surface area contributed by atoms with E-state index >= 15 is 0 Å². The molecule has 92 valence electrons. The number of ether oxygens (including phenoxy) is 1. The number of hydrogen-bond acceptors (Lipinski definition) is 3. The van der Waals surface area contributed by atoms with E-state index in [1.54, 1.807) is 4.90 Å². The molecule has 1 aliphatic heterocycles. The molecule has 0 spiro atoms. The zero-order chi connectivity index (χ0) is 12.3. The first-order chi connectivity index (χ1) is 8.24. The number of anilines is 1. The number of amides is 1. The molecule has 1 saturated heterocycles. The molecule has 1 amide bonds. The quantitative estimate of drug-likeness (QED) is 0.871. The Morgan fingerprint density at radius 3 is 2.94 bits per heavy atom. The molecule has 0 aromatic heterocycles. The molecule has 17 heavy (non-hydrogen) atoms. The molecule has 2 rings (SSSR count). The largest absolute Gasteiger partial charge is 0.449 e. The minimum absolute atomic E-state index is 0.155. The van der Waals surface area contributed by atoms with Crippen LogP contribution >= 0.6 is 0 Å². The summed E-state index contributed by atoms with van der Waals surface area (Å²) in [6, 6.07) is 8.00. The fraction of sp³-hybridized carbons (Fsp3) is 0.462. The fourth-order valence-corrected chi connectivity index (χ4v) is 2.22. The molecule has 0 aliphatic carbocycles. The van der Waals surface area contributed by atoms with Crippen LogP contribution in [0, 0.1) is 6.92 Å². The zero-order valence-corrected chi connectivity index (χ0v) is 10.1. The van der Waals surface area contributed by atoms with Gasteiger partial charge in [-0.15, -0.1) is 0 Å². The van der Waals surface area contributed by atoms with Crippen LogP contribution in [0.3, 0.4) is 0 Å². The van der Waals surface area contributed by atoms with E-state index in [2.05, 4.69) is 0 Å². The number of nitrogens with zero attached hydrogens (tertiary/aromatic N) is 1. The minimum atomic E-state index is -0.260. The Balaban J connectivity index is 2.31. The van der Waals surface area contributed by atoms with Gasteiger partial charge in [-0.25, -0.2) is 4.79 Å².